The third-order valence-corrected chi connectivity index (χ3v) is 4.57. The molecule has 3 rings (SSSR count). The number of thiophene rings is 1. The van der Waals surface area contributed by atoms with Gasteiger partial charge in [-0.1, -0.05) is 42.5 Å². The molecule has 1 amide bonds. The first kappa shape index (κ1) is 16.4. The minimum atomic E-state index is -0.600. The van der Waals surface area contributed by atoms with E-state index in [2.05, 4.69) is 5.32 Å². The molecule has 24 heavy (non-hydrogen) atoms. The van der Waals surface area contributed by atoms with Gasteiger partial charge in [0.1, 0.15) is 0 Å². The number of hydrogen-bond acceptors (Lipinski definition) is 3. The number of rotatable bonds is 6. The van der Waals surface area contributed by atoms with E-state index in [-0.39, 0.29) is 5.91 Å². The van der Waals surface area contributed by atoms with Crippen LogP contribution >= 0.6 is 11.3 Å². The van der Waals surface area contributed by atoms with Crippen LogP contribution in [0, 0.1) is 0 Å². The second-order valence-electron chi connectivity index (χ2n) is 5.55. The van der Waals surface area contributed by atoms with Gasteiger partial charge in [-0.15, -0.1) is 0 Å². The van der Waals surface area contributed by atoms with Crippen LogP contribution in [0.5, 0.6) is 0 Å². The van der Waals surface area contributed by atoms with E-state index < -0.39 is 6.10 Å². The van der Waals surface area contributed by atoms with Gasteiger partial charge in [0.05, 0.1) is 6.10 Å². The van der Waals surface area contributed by atoms with Crippen LogP contribution in [-0.2, 0) is 4.79 Å². The smallest absolute Gasteiger partial charge is 0.244 e. The van der Waals surface area contributed by atoms with Crippen LogP contribution in [0.25, 0.3) is 16.8 Å². The minimum Gasteiger partial charge on any atom is -0.388 e. The van der Waals surface area contributed by atoms with Gasteiger partial charge in [0.15, 0.2) is 0 Å². The molecule has 1 aromatic heterocycles. The molecular weight excluding hydrogens is 318 g/mol. The highest BCUT2D eigenvalue weighted by Crippen LogP contribution is 2.25. The van der Waals surface area contributed by atoms with Gasteiger partial charge < -0.3 is 10.4 Å². The van der Waals surface area contributed by atoms with Gasteiger partial charge in [0, 0.05) is 12.6 Å². The number of aliphatic hydroxyl groups is 1. The second kappa shape index (κ2) is 7.90. The molecule has 0 aliphatic heterocycles. The number of carbonyl (C=O) groups is 1. The summed E-state index contributed by atoms with van der Waals surface area (Å²) < 4.78 is 0. The van der Waals surface area contributed by atoms with Crippen molar-refractivity contribution in [1.82, 2.24) is 5.32 Å². The lowest BCUT2D eigenvalue weighted by atomic mass is 9.99. The molecule has 0 radical (unpaired) electrons. The van der Waals surface area contributed by atoms with E-state index in [0.29, 0.717) is 13.0 Å². The summed E-state index contributed by atoms with van der Waals surface area (Å²) >= 11 is 1.60. The maximum absolute atomic E-state index is 11.8. The van der Waals surface area contributed by atoms with Gasteiger partial charge in [0.25, 0.3) is 0 Å². The Hall–Kier alpha value is -2.43. The Kier molecular flexibility index (Phi) is 5.41. The molecule has 0 unspecified atom stereocenters. The predicted molar refractivity (Wildman–Crippen MR) is 99.9 cm³/mol. The van der Waals surface area contributed by atoms with Crippen LogP contribution in [-0.4, -0.2) is 17.6 Å². The molecule has 2 N–H and O–H groups in total. The first-order chi connectivity index (χ1) is 11.7. The third-order valence-electron chi connectivity index (χ3n) is 3.87. The van der Waals surface area contributed by atoms with Crippen molar-refractivity contribution in [2.45, 2.75) is 12.5 Å². The zero-order valence-corrected chi connectivity index (χ0v) is 14.0. The molecule has 3 aromatic rings. The van der Waals surface area contributed by atoms with Crippen molar-refractivity contribution in [3.8, 4) is 0 Å². The maximum atomic E-state index is 11.8. The SMILES string of the molecule is O=C(/C=C/c1ccsc1)NCC[C@H](O)c1cccc2ccccc12. The fourth-order valence-electron chi connectivity index (χ4n) is 2.63. The Balaban J connectivity index is 1.55. The monoisotopic (exact) mass is 337 g/mol. The van der Waals surface area contributed by atoms with Crippen molar-refractivity contribution < 1.29 is 9.90 Å². The lowest BCUT2D eigenvalue weighted by Crippen LogP contribution is -2.23. The number of nitrogens with one attached hydrogen (secondary N) is 1. The van der Waals surface area contributed by atoms with Crippen LogP contribution in [0.2, 0.25) is 0 Å². The average Bonchev–Trinajstić information content (AvgIpc) is 3.13. The number of benzene rings is 2. The second-order valence-corrected chi connectivity index (χ2v) is 6.33. The normalized spacial score (nSPS) is 12.5. The molecule has 122 valence electrons. The summed E-state index contributed by atoms with van der Waals surface area (Å²) in [6.45, 7) is 0.428. The van der Waals surface area contributed by atoms with Gasteiger partial charge in [0.2, 0.25) is 5.91 Å². The van der Waals surface area contributed by atoms with E-state index in [1.54, 1.807) is 17.4 Å². The van der Waals surface area contributed by atoms with E-state index in [9.17, 15) is 9.90 Å². The zero-order valence-electron chi connectivity index (χ0n) is 13.2. The van der Waals surface area contributed by atoms with Crippen LogP contribution in [0.15, 0.2) is 65.4 Å². The van der Waals surface area contributed by atoms with Crippen LogP contribution in [0.4, 0.5) is 0 Å². The molecule has 0 bridgehead atoms. The highest BCUT2D eigenvalue weighted by atomic mass is 32.1. The van der Waals surface area contributed by atoms with Crippen molar-refractivity contribution in [2.75, 3.05) is 6.54 Å². The number of fused-ring (bicyclic) bond motifs is 1. The molecule has 0 aliphatic rings. The lowest BCUT2D eigenvalue weighted by Gasteiger charge is -2.14. The lowest BCUT2D eigenvalue weighted by molar-refractivity contribution is -0.116. The van der Waals surface area contributed by atoms with E-state index in [1.807, 2.05) is 59.3 Å². The molecule has 0 saturated heterocycles. The largest absolute Gasteiger partial charge is 0.388 e. The topological polar surface area (TPSA) is 49.3 Å². The van der Waals surface area contributed by atoms with E-state index in [1.165, 1.54) is 6.08 Å². The number of amides is 1. The van der Waals surface area contributed by atoms with Crippen LogP contribution < -0.4 is 5.32 Å². The van der Waals surface area contributed by atoms with Crippen molar-refractivity contribution >= 4 is 34.1 Å². The summed E-state index contributed by atoms with van der Waals surface area (Å²) in [6, 6.07) is 15.9. The third kappa shape index (κ3) is 4.10. The Labute approximate surface area is 145 Å². The Bertz CT molecular complexity index is 834. The fourth-order valence-corrected chi connectivity index (χ4v) is 3.26. The summed E-state index contributed by atoms with van der Waals surface area (Å²) in [5, 5.41) is 19.4. The molecular formula is C20H19NO2S. The standard InChI is InChI=1S/C20H19NO2S/c22-19(18-7-3-5-16-4-1-2-6-17(16)18)10-12-21-20(23)9-8-15-11-13-24-14-15/h1-9,11,13-14,19,22H,10,12H2,(H,21,23)/b9-8+/t19-/m0/s1. The molecule has 0 spiro atoms. The highest BCUT2D eigenvalue weighted by molar-refractivity contribution is 7.08. The summed E-state index contributed by atoms with van der Waals surface area (Å²) in [5.41, 5.74) is 1.92. The Morgan fingerprint density at radius 1 is 1.17 bits per heavy atom. The summed E-state index contributed by atoms with van der Waals surface area (Å²) in [6.07, 6.45) is 3.18. The minimum absolute atomic E-state index is 0.147. The summed E-state index contributed by atoms with van der Waals surface area (Å²) in [4.78, 5) is 11.8. The van der Waals surface area contributed by atoms with Gasteiger partial charge in [-0.3, -0.25) is 4.79 Å². The quantitative estimate of drug-likeness (QED) is 0.664. The molecule has 1 heterocycles. The van der Waals surface area contributed by atoms with Gasteiger partial charge in [-0.05, 0) is 51.2 Å². The van der Waals surface area contributed by atoms with E-state index in [0.717, 1.165) is 21.9 Å². The molecule has 1 atom stereocenters. The highest BCUT2D eigenvalue weighted by Gasteiger charge is 2.11. The fraction of sp³-hybridized carbons (Fsp3) is 0.150. The van der Waals surface area contributed by atoms with E-state index >= 15 is 0 Å². The first-order valence-electron chi connectivity index (χ1n) is 7.88. The summed E-state index contributed by atoms with van der Waals surface area (Å²) in [5.74, 6) is -0.147. The van der Waals surface area contributed by atoms with Crippen molar-refractivity contribution in [1.29, 1.82) is 0 Å². The average molecular weight is 337 g/mol. The van der Waals surface area contributed by atoms with E-state index in [4.69, 9.17) is 0 Å². The number of hydrogen-bond donors (Lipinski definition) is 2. The van der Waals surface area contributed by atoms with Crippen molar-refractivity contribution in [3.05, 3.63) is 76.5 Å². The van der Waals surface area contributed by atoms with Crippen LogP contribution in [0.3, 0.4) is 0 Å². The van der Waals surface area contributed by atoms with Gasteiger partial charge in [-0.25, -0.2) is 0 Å². The molecule has 0 aliphatic carbocycles. The Morgan fingerprint density at radius 3 is 2.83 bits per heavy atom. The van der Waals surface area contributed by atoms with Crippen molar-refractivity contribution in [2.24, 2.45) is 0 Å². The molecule has 0 saturated carbocycles. The van der Waals surface area contributed by atoms with Crippen LogP contribution in [0.1, 0.15) is 23.7 Å². The number of aliphatic hydroxyl groups excluding tert-OH is 1. The summed E-state index contributed by atoms with van der Waals surface area (Å²) in [7, 11) is 0. The maximum Gasteiger partial charge on any atom is 0.244 e. The molecule has 2 aromatic carbocycles. The molecule has 4 heteroatoms. The molecule has 0 fully saturated rings. The Morgan fingerprint density at radius 2 is 2.00 bits per heavy atom. The molecule has 3 nitrogen and oxygen atoms in total. The zero-order chi connectivity index (χ0) is 16.8. The van der Waals surface area contributed by atoms with Crippen molar-refractivity contribution in [3.63, 3.8) is 0 Å². The van der Waals surface area contributed by atoms with Gasteiger partial charge >= 0.3 is 0 Å². The van der Waals surface area contributed by atoms with Gasteiger partial charge in [-0.2, -0.15) is 11.3 Å². The predicted octanol–water partition coefficient (Wildman–Crippen LogP) is 4.15. The number of carbonyl (C=O) groups excluding carboxylic acids is 1. The first-order valence-corrected chi connectivity index (χ1v) is 8.82.